The van der Waals surface area contributed by atoms with Crippen LogP contribution in [0.15, 0.2) is 18.2 Å². The van der Waals surface area contributed by atoms with Gasteiger partial charge in [-0.15, -0.1) is 0 Å². The molecule has 1 rings (SSSR count). The zero-order valence-corrected chi connectivity index (χ0v) is 8.04. The van der Waals surface area contributed by atoms with E-state index >= 15 is 0 Å². The summed E-state index contributed by atoms with van der Waals surface area (Å²) >= 11 is 0. The quantitative estimate of drug-likeness (QED) is 0.697. The van der Waals surface area contributed by atoms with Gasteiger partial charge in [0.15, 0.2) is 0 Å². The molecule has 0 aliphatic heterocycles. The average Bonchev–Trinajstić information content (AvgIpc) is 2.19. The topological polar surface area (TPSA) is 35.5 Å². The van der Waals surface area contributed by atoms with Crippen molar-refractivity contribution in [1.82, 2.24) is 0 Å². The lowest BCUT2D eigenvalue weighted by Crippen LogP contribution is -2.07. The van der Waals surface area contributed by atoms with Crippen molar-refractivity contribution in [2.24, 2.45) is 0 Å². The largest absolute Gasteiger partial charge is 0.497 e. The first kappa shape index (κ1) is 10.5. The molecule has 0 saturated heterocycles. The van der Waals surface area contributed by atoms with Crippen LogP contribution in [0.25, 0.3) is 0 Å². The van der Waals surface area contributed by atoms with Crippen molar-refractivity contribution < 1.29 is 18.7 Å². The van der Waals surface area contributed by atoms with E-state index in [9.17, 15) is 9.18 Å². The lowest BCUT2D eigenvalue weighted by Gasteiger charge is -2.05. The van der Waals surface area contributed by atoms with Crippen LogP contribution in [-0.2, 0) is 4.74 Å². The van der Waals surface area contributed by atoms with Crippen LogP contribution in [0.3, 0.4) is 0 Å². The average molecular weight is 198 g/mol. The third-order valence-electron chi connectivity index (χ3n) is 1.67. The molecule has 0 amide bonds. The van der Waals surface area contributed by atoms with Crippen LogP contribution in [0.1, 0.15) is 17.3 Å². The van der Waals surface area contributed by atoms with E-state index in [-0.39, 0.29) is 12.2 Å². The first-order chi connectivity index (χ1) is 6.69. The van der Waals surface area contributed by atoms with Crippen LogP contribution in [0.2, 0.25) is 0 Å². The second-order valence-corrected chi connectivity index (χ2v) is 2.57. The number of methoxy groups -OCH3 is 1. The van der Waals surface area contributed by atoms with Crippen molar-refractivity contribution in [3.63, 3.8) is 0 Å². The summed E-state index contributed by atoms with van der Waals surface area (Å²) in [5, 5.41) is 0. The van der Waals surface area contributed by atoms with Crippen molar-refractivity contribution in [3.05, 3.63) is 29.6 Å². The summed E-state index contributed by atoms with van der Waals surface area (Å²) in [5.41, 5.74) is -0.105. The fraction of sp³-hybridized carbons (Fsp3) is 0.300. The van der Waals surface area contributed by atoms with Crippen molar-refractivity contribution in [2.45, 2.75) is 6.92 Å². The zero-order valence-electron chi connectivity index (χ0n) is 8.04. The van der Waals surface area contributed by atoms with Gasteiger partial charge in [-0.05, 0) is 25.1 Å². The molecule has 0 atom stereocenters. The van der Waals surface area contributed by atoms with Crippen molar-refractivity contribution in [3.8, 4) is 5.75 Å². The number of esters is 1. The molecule has 14 heavy (non-hydrogen) atoms. The minimum absolute atomic E-state index is 0.105. The summed E-state index contributed by atoms with van der Waals surface area (Å²) < 4.78 is 22.7. The fourth-order valence-corrected chi connectivity index (χ4v) is 0.997. The number of carbonyl (C=O) groups is 1. The van der Waals surface area contributed by atoms with Gasteiger partial charge in [0.2, 0.25) is 0 Å². The lowest BCUT2D eigenvalue weighted by molar-refractivity contribution is 0.0520. The Labute approximate surface area is 81.4 Å². The standard InChI is InChI=1S/C10H11FO3/c1-3-14-10(12)8-6-7(13-2)4-5-9(8)11/h4-6H,3H2,1-2H3. The fourth-order valence-electron chi connectivity index (χ4n) is 0.997. The summed E-state index contributed by atoms with van der Waals surface area (Å²) in [6.45, 7) is 1.88. The van der Waals surface area contributed by atoms with Crippen molar-refractivity contribution in [2.75, 3.05) is 13.7 Å². The monoisotopic (exact) mass is 198 g/mol. The first-order valence-corrected chi connectivity index (χ1v) is 4.19. The normalized spacial score (nSPS) is 9.64. The summed E-state index contributed by atoms with van der Waals surface area (Å²) in [6.07, 6.45) is 0. The molecule has 0 heterocycles. The van der Waals surface area contributed by atoms with Gasteiger partial charge in [-0.3, -0.25) is 0 Å². The van der Waals surface area contributed by atoms with E-state index in [1.54, 1.807) is 6.92 Å². The molecule has 0 saturated carbocycles. The highest BCUT2D eigenvalue weighted by Crippen LogP contribution is 2.17. The number of halogens is 1. The Morgan fingerprint density at radius 2 is 2.21 bits per heavy atom. The van der Waals surface area contributed by atoms with Gasteiger partial charge in [-0.25, -0.2) is 9.18 Å². The Hall–Kier alpha value is -1.58. The number of hydrogen-bond donors (Lipinski definition) is 0. The lowest BCUT2D eigenvalue weighted by atomic mass is 10.2. The van der Waals surface area contributed by atoms with Crippen LogP contribution >= 0.6 is 0 Å². The minimum atomic E-state index is -0.677. The molecule has 1 aromatic carbocycles. The highest BCUT2D eigenvalue weighted by atomic mass is 19.1. The van der Waals surface area contributed by atoms with E-state index in [0.717, 1.165) is 0 Å². The first-order valence-electron chi connectivity index (χ1n) is 4.19. The van der Waals surface area contributed by atoms with Crippen molar-refractivity contribution in [1.29, 1.82) is 0 Å². The Balaban J connectivity index is 2.99. The zero-order chi connectivity index (χ0) is 10.6. The van der Waals surface area contributed by atoms with Crippen LogP contribution in [0.4, 0.5) is 4.39 Å². The van der Waals surface area contributed by atoms with Crippen LogP contribution in [0.5, 0.6) is 5.75 Å². The minimum Gasteiger partial charge on any atom is -0.497 e. The molecular formula is C10H11FO3. The number of hydrogen-bond acceptors (Lipinski definition) is 3. The molecule has 1 aromatic rings. The number of ether oxygens (including phenoxy) is 2. The van der Waals surface area contributed by atoms with Crippen LogP contribution in [-0.4, -0.2) is 19.7 Å². The summed E-state index contributed by atoms with van der Waals surface area (Å²) in [4.78, 5) is 11.2. The Bertz CT molecular complexity index is 336. The highest BCUT2D eigenvalue weighted by molar-refractivity contribution is 5.90. The molecule has 0 bridgehead atoms. The third kappa shape index (κ3) is 2.22. The maximum absolute atomic E-state index is 13.1. The Morgan fingerprint density at radius 3 is 2.79 bits per heavy atom. The molecule has 0 unspecified atom stereocenters. The van der Waals surface area contributed by atoms with E-state index in [2.05, 4.69) is 4.74 Å². The predicted molar refractivity (Wildman–Crippen MR) is 48.9 cm³/mol. The van der Waals surface area contributed by atoms with Gasteiger partial charge in [0.25, 0.3) is 0 Å². The molecule has 0 aromatic heterocycles. The molecule has 0 radical (unpaired) electrons. The van der Waals surface area contributed by atoms with Gasteiger partial charge in [0, 0.05) is 0 Å². The molecule has 3 nitrogen and oxygen atoms in total. The predicted octanol–water partition coefficient (Wildman–Crippen LogP) is 2.01. The summed E-state index contributed by atoms with van der Waals surface area (Å²) in [5.74, 6) is -0.859. The smallest absolute Gasteiger partial charge is 0.341 e. The molecule has 0 aliphatic rings. The SMILES string of the molecule is CCOC(=O)c1cc(OC)ccc1F. The van der Waals surface area contributed by atoms with E-state index in [0.29, 0.717) is 5.75 Å². The molecule has 76 valence electrons. The van der Waals surface area contributed by atoms with Crippen LogP contribution in [0, 0.1) is 5.82 Å². The Morgan fingerprint density at radius 1 is 1.50 bits per heavy atom. The van der Waals surface area contributed by atoms with Gasteiger partial charge >= 0.3 is 5.97 Å². The molecule has 0 aliphatic carbocycles. The number of rotatable bonds is 3. The third-order valence-corrected chi connectivity index (χ3v) is 1.67. The van der Waals surface area contributed by atoms with E-state index in [1.165, 1.54) is 25.3 Å². The van der Waals surface area contributed by atoms with E-state index < -0.39 is 11.8 Å². The molecule has 4 heteroatoms. The van der Waals surface area contributed by atoms with Gasteiger partial charge in [0.05, 0.1) is 19.3 Å². The van der Waals surface area contributed by atoms with Gasteiger partial charge in [-0.1, -0.05) is 0 Å². The van der Waals surface area contributed by atoms with Crippen LogP contribution < -0.4 is 4.74 Å². The molecule has 0 spiro atoms. The highest BCUT2D eigenvalue weighted by Gasteiger charge is 2.13. The number of carbonyl (C=O) groups excluding carboxylic acids is 1. The molecule has 0 fully saturated rings. The maximum atomic E-state index is 13.1. The Kier molecular flexibility index (Phi) is 3.45. The van der Waals surface area contributed by atoms with Crippen molar-refractivity contribution >= 4 is 5.97 Å². The molecular weight excluding hydrogens is 187 g/mol. The van der Waals surface area contributed by atoms with Gasteiger partial charge in [-0.2, -0.15) is 0 Å². The second-order valence-electron chi connectivity index (χ2n) is 2.57. The molecule has 0 N–H and O–H groups in total. The summed E-state index contributed by atoms with van der Waals surface area (Å²) in [7, 11) is 1.45. The van der Waals surface area contributed by atoms with Gasteiger partial charge in [0.1, 0.15) is 11.6 Å². The maximum Gasteiger partial charge on any atom is 0.341 e. The number of benzene rings is 1. The second kappa shape index (κ2) is 4.60. The van der Waals surface area contributed by atoms with E-state index in [1.807, 2.05) is 0 Å². The van der Waals surface area contributed by atoms with Gasteiger partial charge < -0.3 is 9.47 Å². The van der Waals surface area contributed by atoms with E-state index in [4.69, 9.17) is 4.74 Å². The summed E-state index contributed by atoms with van der Waals surface area (Å²) in [6, 6.07) is 3.93.